The van der Waals surface area contributed by atoms with E-state index < -0.39 is 0 Å². The van der Waals surface area contributed by atoms with Crippen molar-refractivity contribution in [2.75, 3.05) is 26.2 Å². The number of aryl methyl sites for hydroxylation is 2. The van der Waals surface area contributed by atoms with Crippen molar-refractivity contribution in [1.82, 2.24) is 19.8 Å². The van der Waals surface area contributed by atoms with Crippen molar-refractivity contribution in [1.29, 1.82) is 0 Å². The van der Waals surface area contributed by atoms with Crippen LogP contribution in [-0.2, 0) is 11.2 Å². The van der Waals surface area contributed by atoms with Gasteiger partial charge in [-0.2, -0.15) is 0 Å². The Morgan fingerprint density at radius 1 is 1.19 bits per heavy atom. The average molecular weight is 435 g/mol. The van der Waals surface area contributed by atoms with Crippen molar-refractivity contribution < 1.29 is 14.0 Å². The monoisotopic (exact) mass is 434 g/mol. The van der Waals surface area contributed by atoms with Crippen LogP contribution in [0.2, 0.25) is 0 Å². The van der Waals surface area contributed by atoms with E-state index in [1.807, 2.05) is 29.0 Å². The molecule has 32 heavy (non-hydrogen) atoms. The Morgan fingerprint density at radius 3 is 2.81 bits per heavy atom. The lowest BCUT2D eigenvalue weighted by atomic mass is 9.73. The number of carbonyl (C=O) groups excluding carboxylic acids is 2. The molecule has 2 saturated heterocycles. The van der Waals surface area contributed by atoms with Gasteiger partial charge in [-0.3, -0.25) is 14.6 Å². The number of halogens is 1. The minimum absolute atomic E-state index is 0.00357. The molecule has 2 aliphatic rings. The maximum atomic E-state index is 13.6. The Bertz CT molecular complexity index is 1180. The molecule has 0 atom stereocenters. The quantitative estimate of drug-likeness (QED) is 0.681. The van der Waals surface area contributed by atoms with Crippen LogP contribution < -0.4 is 0 Å². The summed E-state index contributed by atoms with van der Waals surface area (Å²) in [5.41, 5.74) is 3.25. The van der Waals surface area contributed by atoms with Crippen LogP contribution >= 0.6 is 0 Å². The Hall–Kier alpha value is -3.22. The van der Waals surface area contributed by atoms with Crippen molar-refractivity contribution in [2.45, 2.75) is 32.6 Å². The first-order valence-corrected chi connectivity index (χ1v) is 11.2. The summed E-state index contributed by atoms with van der Waals surface area (Å²) in [6.45, 7) is 4.69. The lowest BCUT2D eigenvalue weighted by molar-refractivity contribution is -0.138. The molecule has 166 valence electrons. The van der Waals surface area contributed by atoms with Gasteiger partial charge in [0.2, 0.25) is 5.91 Å². The summed E-state index contributed by atoms with van der Waals surface area (Å²) in [7, 11) is 0. The minimum atomic E-state index is -0.270. The molecule has 1 spiro atoms. The van der Waals surface area contributed by atoms with Gasteiger partial charge in [-0.05, 0) is 62.1 Å². The summed E-state index contributed by atoms with van der Waals surface area (Å²) < 4.78 is 13.6. The number of H-pyrrole nitrogens is 1. The number of carbonyl (C=O) groups is 2. The number of piperidine rings is 1. The van der Waals surface area contributed by atoms with E-state index in [1.165, 1.54) is 12.1 Å². The van der Waals surface area contributed by atoms with Crippen molar-refractivity contribution in [3.8, 4) is 0 Å². The number of amides is 2. The Morgan fingerprint density at radius 2 is 2.00 bits per heavy atom. The highest BCUT2D eigenvalue weighted by Crippen LogP contribution is 2.40. The summed E-state index contributed by atoms with van der Waals surface area (Å²) in [6.07, 6.45) is 6.53. The maximum Gasteiger partial charge on any atom is 0.255 e. The molecule has 2 fully saturated rings. The highest BCUT2D eigenvalue weighted by molar-refractivity contribution is 5.95. The van der Waals surface area contributed by atoms with Gasteiger partial charge in [-0.25, -0.2) is 4.39 Å². The van der Waals surface area contributed by atoms with E-state index in [4.69, 9.17) is 0 Å². The number of hydrogen-bond donors (Lipinski definition) is 1. The molecule has 0 unspecified atom stereocenters. The normalized spacial score (nSPS) is 17.6. The molecule has 0 radical (unpaired) electrons. The van der Waals surface area contributed by atoms with Gasteiger partial charge in [-0.15, -0.1) is 0 Å². The van der Waals surface area contributed by atoms with Crippen LogP contribution in [-0.4, -0.2) is 57.8 Å². The van der Waals surface area contributed by atoms with Gasteiger partial charge in [0.15, 0.2) is 0 Å². The number of nitrogens with zero attached hydrogens (tertiary/aromatic N) is 3. The predicted molar refractivity (Wildman–Crippen MR) is 120 cm³/mol. The fourth-order valence-corrected chi connectivity index (χ4v) is 5.22. The maximum absolute atomic E-state index is 13.6. The second kappa shape index (κ2) is 8.04. The summed E-state index contributed by atoms with van der Waals surface area (Å²) in [5, 5.41) is 0.840. The fraction of sp³-hybridized carbons (Fsp3) is 0.400. The number of pyridine rings is 1. The first-order valence-electron chi connectivity index (χ1n) is 11.2. The Kier molecular flexibility index (Phi) is 5.19. The van der Waals surface area contributed by atoms with E-state index >= 15 is 0 Å². The lowest BCUT2D eigenvalue weighted by Gasteiger charge is -2.54. The zero-order valence-electron chi connectivity index (χ0n) is 18.2. The molecule has 4 heterocycles. The van der Waals surface area contributed by atoms with Crippen LogP contribution in [0, 0.1) is 18.2 Å². The molecule has 0 bridgehead atoms. The van der Waals surface area contributed by atoms with Gasteiger partial charge in [0.05, 0.1) is 5.56 Å². The molecule has 2 aromatic heterocycles. The molecule has 0 aliphatic carbocycles. The number of rotatable bonds is 4. The van der Waals surface area contributed by atoms with Gasteiger partial charge in [0, 0.05) is 67.0 Å². The fourth-order valence-electron chi connectivity index (χ4n) is 5.22. The van der Waals surface area contributed by atoms with Crippen LogP contribution in [0.3, 0.4) is 0 Å². The van der Waals surface area contributed by atoms with Gasteiger partial charge in [0.1, 0.15) is 5.82 Å². The number of aromatic amines is 1. The van der Waals surface area contributed by atoms with E-state index in [9.17, 15) is 14.0 Å². The molecular formula is C25H27FN4O2. The molecule has 0 saturated carbocycles. The first-order chi connectivity index (χ1) is 15.4. The molecule has 3 aromatic rings. The predicted octanol–water partition coefficient (Wildman–Crippen LogP) is 3.71. The largest absolute Gasteiger partial charge is 0.361 e. The third kappa shape index (κ3) is 3.76. The van der Waals surface area contributed by atoms with E-state index in [0.29, 0.717) is 38.0 Å². The molecule has 2 aliphatic heterocycles. The molecule has 1 aromatic carbocycles. The molecule has 1 N–H and O–H groups in total. The van der Waals surface area contributed by atoms with Crippen molar-refractivity contribution in [3.05, 3.63) is 65.4 Å². The van der Waals surface area contributed by atoms with E-state index in [-0.39, 0.29) is 23.0 Å². The number of benzene rings is 1. The van der Waals surface area contributed by atoms with E-state index in [2.05, 4.69) is 9.97 Å². The standard InChI is InChI=1S/C25H27FN4O2/c1-17-20(4-2-10-27-17)24(32)30-15-25(16-30)9-3-11-29(14-25)23(31)8-5-18-13-28-22-7-6-19(26)12-21(18)22/h2,4,6-7,10,12-13,28H,3,5,8-9,11,14-16H2,1H3. The van der Waals surface area contributed by atoms with Crippen LogP contribution in [0.25, 0.3) is 10.9 Å². The van der Waals surface area contributed by atoms with Crippen LogP contribution in [0.1, 0.15) is 40.9 Å². The minimum Gasteiger partial charge on any atom is -0.361 e. The Balaban J connectivity index is 1.19. The molecule has 5 rings (SSSR count). The SMILES string of the molecule is Cc1ncccc1C(=O)N1CC2(CCCN(C(=O)CCc3c[nH]c4ccc(F)cc34)C2)C1. The topological polar surface area (TPSA) is 69.3 Å². The van der Waals surface area contributed by atoms with Crippen molar-refractivity contribution >= 4 is 22.7 Å². The van der Waals surface area contributed by atoms with Crippen LogP contribution in [0.5, 0.6) is 0 Å². The van der Waals surface area contributed by atoms with E-state index in [0.717, 1.165) is 41.5 Å². The third-order valence-electron chi connectivity index (χ3n) is 6.93. The van der Waals surface area contributed by atoms with Gasteiger partial charge in [0.25, 0.3) is 5.91 Å². The number of nitrogens with one attached hydrogen (secondary N) is 1. The van der Waals surface area contributed by atoms with Gasteiger partial charge < -0.3 is 14.8 Å². The second-order valence-electron chi connectivity index (χ2n) is 9.22. The highest BCUT2D eigenvalue weighted by Gasteiger charge is 2.48. The number of aromatic nitrogens is 2. The number of likely N-dealkylation sites (tertiary alicyclic amines) is 2. The zero-order chi connectivity index (χ0) is 22.3. The second-order valence-corrected chi connectivity index (χ2v) is 9.22. The zero-order valence-corrected chi connectivity index (χ0v) is 18.2. The van der Waals surface area contributed by atoms with E-state index in [1.54, 1.807) is 18.3 Å². The molecule has 7 heteroatoms. The number of hydrogen-bond acceptors (Lipinski definition) is 3. The smallest absolute Gasteiger partial charge is 0.255 e. The summed E-state index contributed by atoms with van der Waals surface area (Å²) in [5.74, 6) is -0.118. The average Bonchev–Trinajstić information content (AvgIpc) is 3.17. The summed E-state index contributed by atoms with van der Waals surface area (Å²) in [6, 6.07) is 8.29. The Labute approximate surface area is 186 Å². The molecular weight excluding hydrogens is 407 g/mol. The van der Waals surface area contributed by atoms with Crippen LogP contribution in [0.4, 0.5) is 4.39 Å². The van der Waals surface area contributed by atoms with Gasteiger partial charge >= 0.3 is 0 Å². The van der Waals surface area contributed by atoms with Crippen molar-refractivity contribution in [2.24, 2.45) is 5.41 Å². The lowest BCUT2D eigenvalue weighted by Crippen LogP contribution is -2.64. The highest BCUT2D eigenvalue weighted by atomic mass is 19.1. The number of fused-ring (bicyclic) bond motifs is 1. The molecule has 2 amide bonds. The third-order valence-corrected chi connectivity index (χ3v) is 6.93. The van der Waals surface area contributed by atoms with Gasteiger partial charge in [-0.1, -0.05) is 0 Å². The molecule has 6 nitrogen and oxygen atoms in total. The van der Waals surface area contributed by atoms with Crippen molar-refractivity contribution in [3.63, 3.8) is 0 Å². The summed E-state index contributed by atoms with van der Waals surface area (Å²) in [4.78, 5) is 37.0. The van der Waals surface area contributed by atoms with Crippen LogP contribution in [0.15, 0.2) is 42.7 Å². The summed E-state index contributed by atoms with van der Waals surface area (Å²) >= 11 is 0. The first kappa shape index (κ1) is 20.7.